The Morgan fingerprint density at radius 3 is 2.69 bits per heavy atom. The molecule has 0 aliphatic heterocycles. The Hall–Kier alpha value is -2.70. The van der Waals surface area contributed by atoms with Gasteiger partial charge in [-0.15, -0.1) is 0 Å². The summed E-state index contributed by atoms with van der Waals surface area (Å²) in [6.07, 6.45) is 5.76. The van der Waals surface area contributed by atoms with Gasteiger partial charge in [-0.25, -0.2) is 4.79 Å². The first-order chi connectivity index (χ1) is 12.4. The fraction of sp³-hybridized carbons (Fsp3) is 0.474. The highest BCUT2D eigenvalue weighted by Gasteiger charge is 2.26. The lowest BCUT2D eigenvalue weighted by Crippen LogP contribution is -2.45. The molecule has 0 radical (unpaired) electrons. The number of para-hydroxylation sites is 1. The molecule has 1 saturated carbocycles. The summed E-state index contributed by atoms with van der Waals surface area (Å²) in [5.41, 5.74) is 0.191. The Labute approximate surface area is 152 Å². The second kappa shape index (κ2) is 9.12. The van der Waals surface area contributed by atoms with Gasteiger partial charge in [-0.05, 0) is 37.8 Å². The Bertz CT molecular complexity index is 701. The molecule has 1 N–H and O–H groups in total. The molecule has 0 bridgehead atoms. The van der Waals surface area contributed by atoms with Crippen LogP contribution >= 0.6 is 0 Å². The van der Waals surface area contributed by atoms with Crippen molar-refractivity contribution in [1.29, 1.82) is 0 Å². The molecule has 0 heterocycles. The molecule has 7 nitrogen and oxygen atoms in total. The lowest BCUT2D eigenvalue weighted by Gasteiger charge is -2.30. The van der Waals surface area contributed by atoms with Gasteiger partial charge in [0.1, 0.15) is 0 Å². The maximum absolute atomic E-state index is 12.2. The van der Waals surface area contributed by atoms with Gasteiger partial charge in [0.2, 0.25) is 0 Å². The van der Waals surface area contributed by atoms with E-state index in [9.17, 15) is 19.7 Å². The van der Waals surface area contributed by atoms with Crippen molar-refractivity contribution >= 4 is 23.6 Å². The maximum Gasteiger partial charge on any atom is 0.331 e. The van der Waals surface area contributed by atoms with Gasteiger partial charge in [0.25, 0.3) is 11.6 Å². The summed E-state index contributed by atoms with van der Waals surface area (Å²) in [5, 5.41) is 13.9. The predicted octanol–water partition coefficient (Wildman–Crippen LogP) is 3.23. The molecular weight excluding hydrogens is 336 g/mol. The van der Waals surface area contributed by atoms with Crippen molar-refractivity contribution in [2.75, 3.05) is 0 Å². The third kappa shape index (κ3) is 5.40. The standard InChI is InChI=1S/C19H24N2O5/c1-13-7-3-5-9-16(13)20-19(23)14(2)26-18(22)12-11-15-8-4-6-10-17(15)21(24)25/h4,6,8,10-14,16H,3,5,7,9H2,1-2H3,(H,20,23)/b12-11+/t13-,14+,16+/m0/s1. The fourth-order valence-electron chi connectivity index (χ4n) is 3.05. The summed E-state index contributed by atoms with van der Waals surface area (Å²) in [7, 11) is 0. The van der Waals surface area contributed by atoms with Crippen molar-refractivity contribution in [1.82, 2.24) is 5.32 Å². The van der Waals surface area contributed by atoms with Crippen LogP contribution in [-0.4, -0.2) is 28.9 Å². The molecule has 0 spiro atoms. The Morgan fingerprint density at radius 2 is 2.00 bits per heavy atom. The van der Waals surface area contributed by atoms with E-state index in [0.29, 0.717) is 11.5 Å². The van der Waals surface area contributed by atoms with Crippen LogP contribution in [0.15, 0.2) is 30.3 Å². The number of nitro groups is 1. The van der Waals surface area contributed by atoms with Crippen LogP contribution < -0.4 is 5.32 Å². The number of nitrogens with zero attached hydrogens (tertiary/aromatic N) is 1. The summed E-state index contributed by atoms with van der Waals surface area (Å²) in [4.78, 5) is 34.5. The lowest BCUT2D eigenvalue weighted by atomic mass is 9.86. The number of rotatable bonds is 6. The number of amides is 1. The van der Waals surface area contributed by atoms with Gasteiger partial charge in [0.15, 0.2) is 6.10 Å². The monoisotopic (exact) mass is 360 g/mol. The minimum Gasteiger partial charge on any atom is -0.449 e. The van der Waals surface area contributed by atoms with E-state index in [1.165, 1.54) is 31.6 Å². The van der Waals surface area contributed by atoms with E-state index in [1.807, 2.05) is 0 Å². The van der Waals surface area contributed by atoms with Crippen LogP contribution in [0, 0.1) is 16.0 Å². The zero-order valence-electron chi connectivity index (χ0n) is 15.0. The number of hydrogen-bond donors (Lipinski definition) is 1. The first-order valence-corrected chi connectivity index (χ1v) is 8.81. The fourth-order valence-corrected chi connectivity index (χ4v) is 3.05. The largest absolute Gasteiger partial charge is 0.449 e. The third-order valence-corrected chi connectivity index (χ3v) is 4.63. The van der Waals surface area contributed by atoms with Gasteiger partial charge in [-0.3, -0.25) is 14.9 Å². The van der Waals surface area contributed by atoms with E-state index in [-0.39, 0.29) is 17.6 Å². The molecule has 1 aromatic carbocycles. The van der Waals surface area contributed by atoms with Crippen LogP contribution in [0.5, 0.6) is 0 Å². The normalized spacial score (nSPS) is 21.2. The number of benzene rings is 1. The van der Waals surface area contributed by atoms with Crippen LogP contribution in [0.1, 0.15) is 45.1 Å². The number of ether oxygens (including phenoxy) is 1. The highest BCUT2D eigenvalue weighted by molar-refractivity contribution is 5.91. The molecule has 3 atom stereocenters. The molecule has 26 heavy (non-hydrogen) atoms. The van der Waals surface area contributed by atoms with Crippen molar-refractivity contribution in [3.05, 3.63) is 46.0 Å². The van der Waals surface area contributed by atoms with E-state index in [2.05, 4.69) is 12.2 Å². The van der Waals surface area contributed by atoms with Crippen molar-refractivity contribution in [2.24, 2.45) is 5.92 Å². The van der Waals surface area contributed by atoms with Crippen LogP contribution in [0.2, 0.25) is 0 Å². The highest BCUT2D eigenvalue weighted by atomic mass is 16.6. The maximum atomic E-state index is 12.2. The van der Waals surface area contributed by atoms with Gasteiger partial charge in [0.05, 0.1) is 10.5 Å². The average Bonchev–Trinajstić information content (AvgIpc) is 2.62. The molecule has 1 aliphatic carbocycles. The third-order valence-electron chi connectivity index (χ3n) is 4.63. The van der Waals surface area contributed by atoms with Gasteiger partial charge < -0.3 is 10.1 Å². The minimum absolute atomic E-state index is 0.103. The zero-order chi connectivity index (χ0) is 19.1. The van der Waals surface area contributed by atoms with E-state index >= 15 is 0 Å². The smallest absolute Gasteiger partial charge is 0.331 e. The van der Waals surface area contributed by atoms with Crippen LogP contribution in [-0.2, 0) is 14.3 Å². The first-order valence-electron chi connectivity index (χ1n) is 8.81. The molecule has 1 aromatic rings. The molecule has 2 rings (SSSR count). The van der Waals surface area contributed by atoms with E-state index in [0.717, 1.165) is 25.3 Å². The molecular formula is C19H24N2O5. The Balaban J connectivity index is 1.90. The zero-order valence-corrected chi connectivity index (χ0v) is 15.0. The van der Waals surface area contributed by atoms with Crippen molar-refractivity contribution < 1.29 is 19.2 Å². The molecule has 1 amide bonds. The van der Waals surface area contributed by atoms with E-state index in [1.54, 1.807) is 12.1 Å². The van der Waals surface area contributed by atoms with Gasteiger partial charge in [-0.1, -0.05) is 31.9 Å². The van der Waals surface area contributed by atoms with Crippen molar-refractivity contribution in [3.63, 3.8) is 0 Å². The van der Waals surface area contributed by atoms with Crippen molar-refractivity contribution in [2.45, 2.75) is 51.7 Å². The summed E-state index contributed by atoms with van der Waals surface area (Å²) in [5.74, 6) is -0.632. The SMILES string of the molecule is C[C@@H](OC(=O)/C=C/c1ccccc1[N+](=O)[O-])C(=O)N[C@@H]1CCCC[C@@H]1C. The number of carbonyl (C=O) groups is 2. The van der Waals surface area contributed by atoms with Gasteiger partial charge in [0, 0.05) is 18.2 Å². The molecule has 0 aromatic heterocycles. The molecule has 7 heteroatoms. The lowest BCUT2D eigenvalue weighted by molar-refractivity contribution is -0.385. The van der Waals surface area contributed by atoms with Crippen LogP contribution in [0.3, 0.4) is 0 Å². The van der Waals surface area contributed by atoms with Gasteiger partial charge in [-0.2, -0.15) is 0 Å². The second-order valence-electron chi connectivity index (χ2n) is 6.61. The summed E-state index contributed by atoms with van der Waals surface area (Å²) >= 11 is 0. The molecule has 1 fully saturated rings. The average molecular weight is 360 g/mol. The number of hydrogen-bond acceptors (Lipinski definition) is 5. The quantitative estimate of drug-likeness (QED) is 0.363. The summed E-state index contributed by atoms with van der Waals surface area (Å²) in [6.45, 7) is 3.62. The predicted molar refractivity (Wildman–Crippen MR) is 97.2 cm³/mol. The number of carbonyl (C=O) groups excluding carboxylic acids is 2. The van der Waals surface area contributed by atoms with Gasteiger partial charge >= 0.3 is 5.97 Å². The highest BCUT2D eigenvalue weighted by Crippen LogP contribution is 2.24. The topological polar surface area (TPSA) is 98.5 Å². The second-order valence-corrected chi connectivity index (χ2v) is 6.61. The molecule has 1 aliphatic rings. The van der Waals surface area contributed by atoms with Crippen molar-refractivity contribution in [3.8, 4) is 0 Å². The molecule has 140 valence electrons. The Kier molecular flexibility index (Phi) is 6.89. The van der Waals surface area contributed by atoms with E-state index < -0.39 is 17.0 Å². The number of esters is 1. The van der Waals surface area contributed by atoms with Crippen LogP contribution in [0.4, 0.5) is 5.69 Å². The molecule has 0 unspecified atom stereocenters. The summed E-state index contributed by atoms with van der Waals surface area (Å²) in [6, 6.07) is 6.18. The number of nitrogens with one attached hydrogen (secondary N) is 1. The first kappa shape index (κ1) is 19.6. The molecule has 0 saturated heterocycles. The summed E-state index contributed by atoms with van der Waals surface area (Å²) < 4.78 is 5.10. The van der Waals surface area contributed by atoms with Crippen LogP contribution in [0.25, 0.3) is 6.08 Å². The number of nitro benzene ring substituents is 1. The minimum atomic E-state index is -0.924. The Morgan fingerprint density at radius 1 is 1.31 bits per heavy atom. The van der Waals surface area contributed by atoms with E-state index in [4.69, 9.17) is 4.74 Å².